The van der Waals surface area contributed by atoms with Gasteiger partial charge in [-0.05, 0) is 243 Å². The number of rotatable bonds is 9. The third-order valence-corrected chi connectivity index (χ3v) is 17.7. The Hall–Kier alpha value is -10.0. The van der Waals surface area contributed by atoms with E-state index in [0.717, 1.165) is 135 Å². The Balaban J connectivity index is 0.000000201. The van der Waals surface area contributed by atoms with E-state index in [4.69, 9.17) is 43.2 Å². The van der Waals surface area contributed by atoms with E-state index < -0.39 is 15.6 Å². The second kappa shape index (κ2) is 32.7. The van der Waals surface area contributed by atoms with Crippen molar-refractivity contribution in [2.45, 2.75) is 123 Å². The summed E-state index contributed by atoms with van der Waals surface area (Å²) < 4.78 is 63.4. The summed E-state index contributed by atoms with van der Waals surface area (Å²) in [4.78, 5) is 14.3. The van der Waals surface area contributed by atoms with Crippen LogP contribution in [-0.2, 0) is 52.6 Å². The number of nitriles is 3. The average molecular weight is 1650 g/mol. The van der Waals surface area contributed by atoms with Gasteiger partial charge in [-0.2, -0.15) is 52.7 Å². The first-order valence-electron chi connectivity index (χ1n) is 32.1. The maximum absolute atomic E-state index is 10.7. The second-order valence-electron chi connectivity index (χ2n) is 25.2. The Morgan fingerprint density at radius 3 is 1.15 bits per heavy atom. The van der Waals surface area contributed by atoms with Gasteiger partial charge < -0.3 is 0 Å². The number of benzene rings is 9. The van der Waals surface area contributed by atoms with Crippen molar-refractivity contribution in [1.82, 2.24) is 44.3 Å². The van der Waals surface area contributed by atoms with Gasteiger partial charge in [0.05, 0.1) is 57.8 Å². The van der Waals surface area contributed by atoms with Crippen molar-refractivity contribution in [2.75, 3.05) is 0 Å². The molecule has 0 bridgehead atoms. The third kappa shape index (κ3) is 17.5. The predicted molar refractivity (Wildman–Crippen MR) is 388 cm³/mol. The summed E-state index contributed by atoms with van der Waals surface area (Å²) in [5.74, 6) is 4.59. The van der Waals surface area contributed by atoms with E-state index in [9.17, 15) is 29.0 Å². The fourth-order valence-corrected chi connectivity index (χ4v) is 13.0. The van der Waals surface area contributed by atoms with Crippen molar-refractivity contribution in [3.63, 3.8) is 0 Å². The SMILES string of the molecule is Cc1cc(C)c(-n2nc(C)nc2-c2[c-]ccc(-c3c(C)ccc(C#N)c3C)c2)c(C)c1.Cc1cc(C)c(-n2nc(C)nc2-c2cccc(-c3c(C)ccc(C#N)c3C)c2)c(C)c1.Cc1cc(C)c(-n2nc(C)nc2-c2cccc(-c3cc(C#N)ccc3C)c2)c(C)c1.O=S(=O)(O)C(F)(F)F.[Ag].[Ir]. The summed E-state index contributed by atoms with van der Waals surface area (Å²) >= 11 is 0. The number of aryl methyl sites for hydroxylation is 15. The molecule has 0 unspecified atom stereocenters. The molecule has 21 heteroatoms. The van der Waals surface area contributed by atoms with Crippen molar-refractivity contribution >= 4 is 10.1 Å². The Bertz CT molecular complexity index is 5160. The Morgan fingerprint density at radius 2 is 0.765 bits per heavy atom. The van der Waals surface area contributed by atoms with Crippen LogP contribution in [0.2, 0.25) is 0 Å². The van der Waals surface area contributed by atoms with Crippen molar-refractivity contribution in [3.05, 3.63) is 264 Å². The van der Waals surface area contributed by atoms with Gasteiger partial charge in [-0.15, -0.1) is 35.4 Å². The van der Waals surface area contributed by atoms with Crippen LogP contribution in [0.5, 0.6) is 0 Å². The van der Waals surface area contributed by atoms with E-state index in [1.165, 1.54) is 38.9 Å². The first kappa shape index (κ1) is 79.3. The number of nitrogens with zero attached hydrogens (tertiary/aromatic N) is 12. The number of aromatic nitrogens is 9. The number of hydrogen-bond acceptors (Lipinski definition) is 11. The molecule has 102 heavy (non-hydrogen) atoms. The van der Waals surface area contributed by atoms with Gasteiger partial charge in [-0.3, -0.25) is 14.2 Å². The van der Waals surface area contributed by atoms with Gasteiger partial charge in [-0.1, -0.05) is 108 Å². The summed E-state index contributed by atoms with van der Waals surface area (Å²) in [6, 6.07) is 59.5. The number of hydrogen-bond donors (Lipinski definition) is 1. The molecule has 0 spiro atoms. The van der Waals surface area contributed by atoms with Crippen LogP contribution in [0.1, 0.15) is 112 Å². The van der Waals surface area contributed by atoms with Crippen LogP contribution >= 0.6 is 0 Å². The molecular weight excluding hydrogens is 1580 g/mol. The fraction of sp³-hybridized carbons (Fsp3) is 0.222. The Kier molecular flexibility index (Phi) is 25.4. The maximum Gasteiger partial charge on any atom is 0.522 e. The van der Waals surface area contributed by atoms with Crippen LogP contribution < -0.4 is 0 Å². The molecule has 0 atom stereocenters. The van der Waals surface area contributed by atoms with Crippen LogP contribution in [0.15, 0.2) is 146 Å². The largest absolute Gasteiger partial charge is 0.522 e. The van der Waals surface area contributed by atoms with Crippen LogP contribution in [-0.4, -0.2) is 62.8 Å². The van der Waals surface area contributed by atoms with E-state index in [2.05, 4.69) is 186 Å². The van der Waals surface area contributed by atoms with E-state index >= 15 is 0 Å². The zero-order chi connectivity index (χ0) is 73.0. The van der Waals surface area contributed by atoms with Crippen molar-refractivity contribution in [3.8, 4) is 103 Å². The fourth-order valence-electron chi connectivity index (χ4n) is 13.0. The van der Waals surface area contributed by atoms with E-state index in [0.29, 0.717) is 22.5 Å². The molecule has 0 aliphatic rings. The molecule has 3 heterocycles. The van der Waals surface area contributed by atoms with Crippen LogP contribution in [0.3, 0.4) is 0 Å². The molecule has 0 saturated heterocycles. The van der Waals surface area contributed by atoms with E-state index in [-0.39, 0.29) is 42.5 Å². The van der Waals surface area contributed by atoms with Crippen LogP contribution in [0.4, 0.5) is 13.2 Å². The van der Waals surface area contributed by atoms with Gasteiger partial charge in [0, 0.05) is 53.6 Å². The molecule has 0 aliphatic carbocycles. The van der Waals surface area contributed by atoms with Gasteiger partial charge >= 0.3 is 15.6 Å². The average Bonchev–Trinajstić information content (AvgIpc) is 1.54. The molecule has 3 aromatic heterocycles. The van der Waals surface area contributed by atoms with Crippen molar-refractivity contribution < 1.29 is 68.6 Å². The first-order valence-corrected chi connectivity index (χ1v) is 33.5. The molecular formula is C81H76AgF3IrN12O3S-. The molecule has 12 rings (SSSR count). The minimum atomic E-state index is -5.84. The summed E-state index contributed by atoms with van der Waals surface area (Å²) in [7, 11) is -5.84. The molecule has 0 aliphatic heterocycles. The number of halogens is 3. The summed E-state index contributed by atoms with van der Waals surface area (Å²) in [5.41, 5.74) is 25.2. The van der Waals surface area contributed by atoms with Gasteiger partial charge in [0.25, 0.3) is 0 Å². The monoisotopic (exact) mass is 1650 g/mol. The zero-order valence-electron chi connectivity index (χ0n) is 59.7. The second-order valence-corrected chi connectivity index (χ2v) is 26.6. The minimum absolute atomic E-state index is 0. The smallest absolute Gasteiger partial charge is 0.279 e. The van der Waals surface area contributed by atoms with Gasteiger partial charge in [0.1, 0.15) is 17.5 Å². The standard InChI is InChI=1S/C27H26N4.C27H25N4.C26H24N4.CHF3O3S.Ag.Ir/c2*1-16-12-18(3)26(19(4)13-16)31-27(29-21(6)30-31)23-9-7-8-22(14-23)25-17(2)10-11-24(15-28)20(25)5;1-16-11-18(3)25(19(4)12-16)30-26(28-20(5)29-30)23-8-6-7-22(14-23)24-13-21(15-27)10-9-17(24)2;2-1(3,4)8(5,6)7;;/h7-14H,1-6H3;7-8,10-14H,1-6H3;6-14H,1-5H3;(H,5,6,7);;/q;-1;;;;. The topological polar surface area (TPSA) is 218 Å². The minimum Gasteiger partial charge on any atom is -0.279 e. The molecule has 0 amide bonds. The molecule has 2 radical (unpaired) electrons. The van der Waals surface area contributed by atoms with Gasteiger partial charge in [0.2, 0.25) is 0 Å². The number of alkyl halides is 3. The summed E-state index contributed by atoms with van der Waals surface area (Å²) in [6.45, 7) is 35.0. The zero-order valence-corrected chi connectivity index (χ0v) is 64.4. The quantitative estimate of drug-likeness (QED) is 0.0618. The maximum atomic E-state index is 10.7. The van der Waals surface area contributed by atoms with Crippen LogP contribution in [0, 0.1) is 158 Å². The molecule has 1 N–H and O–H groups in total. The molecule has 526 valence electrons. The van der Waals surface area contributed by atoms with Crippen molar-refractivity contribution in [1.29, 1.82) is 15.8 Å². The molecule has 9 aromatic carbocycles. The molecule has 0 fully saturated rings. The van der Waals surface area contributed by atoms with E-state index in [1.54, 1.807) is 0 Å². The summed E-state index contributed by atoms with van der Waals surface area (Å²) in [5, 5.41) is 42.4. The van der Waals surface area contributed by atoms with Crippen molar-refractivity contribution in [2.24, 2.45) is 0 Å². The Labute approximate surface area is 624 Å². The van der Waals surface area contributed by atoms with Gasteiger partial charge in [0.15, 0.2) is 11.6 Å². The molecule has 15 nitrogen and oxygen atoms in total. The summed E-state index contributed by atoms with van der Waals surface area (Å²) in [6.07, 6.45) is 0. The third-order valence-electron chi connectivity index (χ3n) is 17.1. The van der Waals surface area contributed by atoms with E-state index in [1.807, 2.05) is 115 Å². The Morgan fingerprint density at radius 1 is 0.422 bits per heavy atom. The normalized spacial score (nSPS) is 10.9. The first-order chi connectivity index (χ1) is 47.2. The predicted octanol–water partition coefficient (Wildman–Crippen LogP) is 18.9. The van der Waals surface area contributed by atoms with Gasteiger partial charge in [-0.25, -0.2) is 19.3 Å². The molecule has 12 aromatic rings. The molecule has 0 saturated carbocycles. The van der Waals surface area contributed by atoms with Crippen LogP contribution in [0.25, 0.3) is 84.6 Å².